The zero-order chi connectivity index (χ0) is 14.9. The zero-order valence-electron chi connectivity index (χ0n) is 13.6. The second-order valence-electron chi connectivity index (χ2n) is 7.03. The zero-order valence-corrected chi connectivity index (χ0v) is 13.6. The number of amidine groups is 1. The lowest BCUT2D eigenvalue weighted by Crippen LogP contribution is -2.30. The van der Waals surface area contributed by atoms with E-state index >= 15 is 0 Å². The number of rotatable bonds is 2. The topological polar surface area (TPSA) is 18.8 Å². The summed E-state index contributed by atoms with van der Waals surface area (Å²) in [5.41, 5.74) is 2.63. The quantitative estimate of drug-likeness (QED) is 0.815. The van der Waals surface area contributed by atoms with E-state index in [0.29, 0.717) is 0 Å². The van der Waals surface area contributed by atoms with Gasteiger partial charge in [0.1, 0.15) is 5.84 Å². The van der Waals surface area contributed by atoms with E-state index in [1.54, 1.807) is 0 Å². The maximum Gasteiger partial charge on any atom is 0.110 e. The number of anilines is 1. The minimum Gasteiger partial charge on any atom is -0.370 e. The Kier molecular flexibility index (Phi) is 3.92. The third-order valence-electron chi connectivity index (χ3n) is 4.84. The maximum atomic E-state index is 5.07. The predicted molar refractivity (Wildman–Crippen MR) is 90.6 cm³/mol. The number of piperidine rings is 1. The van der Waals surface area contributed by atoms with Crippen LogP contribution >= 0.6 is 0 Å². The van der Waals surface area contributed by atoms with Crippen LogP contribution in [0, 0.1) is 5.41 Å². The molecule has 0 N–H and O–H groups in total. The molecule has 0 atom stereocenters. The third kappa shape index (κ3) is 2.92. The average Bonchev–Trinajstić information content (AvgIpc) is 2.76. The van der Waals surface area contributed by atoms with Gasteiger partial charge in [-0.2, -0.15) is 0 Å². The Morgan fingerprint density at radius 1 is 1.00 bits per heavy atom. The summed E-state index contributed by atoms with van der Waals surface area (Å²) in [6.45, 7) is 8.05. The van der Waals surface area contributed by atoms with Crippen molar-refractivity contribution < 1.29 is 0 Å². The van der Waals surface area contributed by atoms with Crippen molar-refractivity contribution in [2.75, 3.05) is 31.6 Å². The Morgan fingerprint density at radius 2 is 1.71 bits per heavy atom. The van der Waals surface area contributed by atoms with Crippen LogP contribution < -0.4 is 4.90 Å². The Bertz CT molecular complexity index is 527. The van der Waals surface area contributed by atoms with E-state index in [1.165, 1.54) is 50.3 Å². The Balaban J connectivity index is 1.95. The summed E-state index contributed by atoms with van der Waals surface area (Å²) in [6.07, 6.45) is 5.16. The first kappa shape index (κ1) is 14.4. The molecule has 0 saturated carbocycles. The largest absolute Gasteiger partial charge is 0.370 e. The smallest absolute Gasteiger partial charge is 0.110 e. The number of hydrogen-bond acceptors (Lipinski definition) is 2. The molecule has 2 aliphatic heterocycles. The molecule has 2 heterocycles. The Morgan fingerprint density at radius 3 is 2.38 bits per heavy atom. The molecule has 1 aromatic rings. The van der Waals surface area contributed by atoms with Gasteiger partial charge in [0.05, 0.1) is 11.4 Å². The maximum absolute atomic E-state index is 5.07. The highest BCUT2D eigenvalue weighted by Gasteiger charge is 2.34. The number of nitrogens with zero attached hydrogens (tertiary/aromatic N) is 3. The molecule has 1 aromatic carbocycles. The number of para-hydroxylation sites is 2. The molecule has 114 valence electrons. The van der Waals surface area contributed by atoms with Crippen molar-refractivity contribution >= 4 is 17.2 Å². The molecule has 0 aromatic heterocycles. The fraction of sp³-hybridized carbons (Fsp3) is 0.611. The second-order valence-corrected chi connectivity index (χ2v) is 7.03. The molecule has 3 heteroatoms. The second kappa shape index (κ2) is 5.70. The number of aliphatic imine (C=N–C) groups is 1. The van der Waals surface area contributed by atoms with Crippen molar-refractivity contribution in [2.45, 2.75) is 39.5 Å². The van der Waals surface area contributed by atoms with E-state index in [9.17, 15) is 0 Å². The highest BCUT2D eigenvalue weighted by Crippen LogP contribution is 2.36. The predicted octanol–water partition coefficient (Wildman–Crippen LogP) is 4.07. The number of benzene rings is 1. The lowest BCUT2D eigenvalue weighted by molar-refractivity contribution is 0.511. The van der Waals surface area contributed by atoms with Gasteiger partial charge >= 0.3 is 0 Å². The first-order valence-electron chi connectivity index (χ1n) is 8.22. The van der Waals surface area contributed by atoms with E-state index in [1.807, 2.05) is 0 Å². The molecule has 3 rings (SSSR count). The van der Waals surface area contributed by atoms with Crippen molar-refractivity contribution in [1.82, 2.24) is 4.90 Å². The van der Waals surface area contributed by atoms with Crippen molar-refractivity contribution in [3.63, 3.8) is 0 Å². The summed E-state index contributed by atoms with van der Waals surface area (Å²) < 4.78 is 0. The van der Waals surface area contributed by atoms with Crippen LogP contribution in [-0.4, -0.2) is 37.4 Å². The lowest BCUT2D eigenvalue weighted by Gasteiger charge is -2.30. The minimum absolute atomic E-state index is 0.184. The Labute approximate surface area is 128 Å². The fourth-order valence-electron chi connectivity index (χ4n) is 3.49. The average molecular weight is 285 g/mol. The first-order valence-corrected chi connectivity index (χ1v) is 8.22. The van der Waals surface area contributed by atoms with Crippen molar-refractivity contribution in [3.05, 3.63) is 24.3 Å². The highest BCUT2D eigenvalue weighted by atomic mass is 15.2. The van der Waals surface area contributed by atoms with Crippen LogP contribution in [0.4, 0.5) is 11.4 Å². The van der Waals surface area contributed by atoms with Gasteiger partial charge in [-0.05, 0) is 37.8 Å². The standard InChI is InChI=1S/C18H27N3/c1-18(2)11-14-20(3)17(18)19-15-9-5-6-10-16(15)21-12-7-4-8-13-21/h5-6,9-10H,4,7-8,11-14H2,1-3H3. The third-order valence-corrected chi connectivity index (χ3v) is 4.84. The normalized spacial score (nSPS) is 23.9. The highest BCUT2D eigenvalue weighted by molar-refractivity contribution is 5.92. The molecule has 2 aliphatic rings. The molecule has 0 unspecified atom stereocenters. The molecule has 0 spiro atoms. The Hall–Kier alpha value is -1.51. The van der Waals surface area contributed by atoms with Crippen LogP contribution in [0.25, 0.3) is 0 Å². The summed E-state index contributed by atoms with van der Waals surface area (Å²) in [5.74, 6) is 1.23. The summed E-state index contributed by atoms with van der Waals surface area (Å²) in [5, 5.41) is 0. The van der Waals surface area contributed by atoms with Crippen LogP contribution in [0.15, 0.2) is 29.3 Å². The summed E-state index contributed by atoms with van der Waals surface area (Å²) in [7, 11) is 2.16. The molecule has 0 radical (unpaired) electrons. The number of likely N-dealkylation sites (tertiary alicyclic amines) is 1. The van der Waals surface area contributed by atoms with Gasteiger partial charge in [-0.15, -0.1) is 0 Å². The van der Waals surface area contributed by atoms with Crippen LogP contribution in [-0.2, 0) is 0 Å². The van der Waals surface area contributed by atoms with Crippen molar-refractivity contribution in [1.29, 1.82) is 0 Å². The van der Waals surface area contributed by atoms with Gasteiger partial charge < -0.3 is 9.80 Å². The van der Waals surface area contributed by atoms with Gasteiger partial charge in [0, 0.05) is 32.1 Å². The van der Waals surface area contributed by atoms with Crippen molar-refractivity contribution in [3.8, 4) is 0 Å². The first-order chi connectivity index (χ1) is 10.1. The van der Waals surface area contributed by atoms with Gasteiger partial charge in [-0.3, -0.25) is 0 Å². The molecule has 21 heavy (non-hydrogen) atoms. The van der Waals surface area contributed by atoms with E-state index in [2.05, 4.69) is 55.0 Å². The van der Waals surface area contributed by atoms with Gasteiger partial charge in [-0.25, -0.2) is 4.99 Å². The fourth-order valence-corrected chi connectivity index (χ4v) is 3.49. The van der Waals surface area contributed by atoms with Crippen LogP contribution in [0.3, 0.4) is 0 Å². The molecule has 3 nitrogen and oxygen atoms in total. The van der Waals surface area contributed by atoms with Gasteiger partial charge in [0.2, 0.25) is 0 Å². The molecule has 0 amide bonds. The molecule has 2 fully saturated rings. The summed E-state index contributed by atoms with van der Waals surface area (Å²) in [4.78, 5) is 9.89. The van der Waals surface area contributed by atoms with E-state index in [0.717, 1.165) is 12.2 Å². The summed E-state index contributed by atoms with van der Waals surface area (Å²) in [6, 6.07) is 8.64. The van der Waals surface area contributed by atoms with Gasteiger partial charge in [0.25, 0.3) is 0 Å². The van der Waals surface area contributed by atoms with Crippen LogP contribution in [0.2, 0.25) is 0 Å². The van der Waals surface area contributed by atoms with Gasteiger partial charge in [0.15, 0.2) is 0 Å². The molecular weight excluding hydrogens is 258 g/mol. The SMILES string of the molecule is CN1CCC(C)(C)C1=Nc1ccccc1N1CCCCC1. The van der Waals surface area contributed by atoms with E-state index in [4.69, 9.17) is 4.99 Å². The van der Waals surface area contributed by atoms with E-state index < -0.39 is 0 Å². The molecule has 0 bridgehead atoms. The minimum atomic E-state index is 0.184. The van der Waals surface area contributed by atoms with Crippen LogP contribution in [0.1, 0.15) is 39.5 Å². The van der Waals surface area contributed by atoms with Crippen LogP contribution in [0.5, 0.6) is 0 Å². The molecule has 2 saturated heterocycles. The molecule has 0 aliphatic carbocycles. The summed E-state index contributed by atoms with van der Waals surface area (Å²) >= 11 is 0. The lowest BCUT2D eigenvalue weighted by atomic mass is 9.91. The van der Waals surface area contributed by atoms with E-state index in [-0.39, 0.29) is 5.41 Å². The van der Waals surface area contributed by atoms with Crippen molar-refractivity contribution in [2.24, 2.45) is 10.4 Å². The molecular formula is C18H27N3. The number of hydrogen-bond donors (Lipinski definition) is 0. The monoisotopic (exact) mass is 285 g/mol. The van der Waals surface area contributed by atoms with Gasteiger partial charge in [-0.1, -0.05) is 26.0 Å².